The molecule has 4 rings (SSSR count). The average Bonchev–Trinajstić information content (AvgIpc) is 2.78. The molecule has 8 nitrogen and oxygen atoms in total. The van der Waals surface area contributed by atoms with Crippen LogP contribution in [-0.4, -0.2) is 33.7 Å². The van der Waals surface area contributed by atoms with E-state index in [0.29, 0.717) is 22.5 Å². The molecule has 0 aliphatic carbocycles. The van der Waals surface area contributed by atoms with Crippen LogP contribution in [0.15, 0.2) is 51.7 Å². The molecule has 2 aromatic carbocycles. The molecule has 0 saturated carbocycles. The van der Waals surface area contributed by atoms with Crippen LogP contribution in [0.5, 0.6) is 0 Å². The van der Waals surface area contributed by atoms with Gasteiger partial charge in [-0.15, -0.1) is 0 Å². The van der Waals surface area contributed by atoms with Gasteiger partial charge in [-0.3, -0.25) is 9.59 Å². The van der Waals surface area contributed by atoms with E-state index in [4.69, 9.17) is 4.42 Å². The molecule has 36 heavy (non-hydrogen) atoms. The van der Waals surface area contributed by atoms with Crippen molar-refractivity contribution in [2.24, 2.45) is 5.41 Å². The fourth-order valence-electron chi connectivity index (χ4n) is 4.57. The summed E-state index contributed by atoms with van der Waals surface area (Å²) in [6.07, 6.45) is 2.96. The highest BCUT2D eigenvalue weighted by Crippen LogP contribution is 2.34. The van der Waals surface area contributed by atoms with Crippen molar-refractivity contribution >= 4 is 38.5 Å². The topological polar surface area (TPSA) is 109 Å². The van der Waals surface area contributed by atoms with Crippen molar-refractivity contribution < 1.29 is 17.6 Å². The van der Waals surface area contributed by atoms with Gasteiger partial charge in [-0.25, -0.2) is 13.1 Å². The first kappa shape index (κ1) is 25.8. The van der Waals surface area contributed by atoms with Gasteiger partial charge in [0.2, 0.25) is 10.0 Å². The highest BCUT2D eigenvalue weighted by atomic mass is 32.2. The largest absolute Gasteiger partial charge is 0.440 e. The summed E-state index contributed by atoms with van der Waals surface area (Å²) in [6.45, 7) is 9.98. The maximum absolute atomic E-state index is 13.1. The fraction of sp³-hybridized carbons (Fsp3) is 0.407. The molecule has 3 aromatic rings. The number of amides is 1. The van der Waals surface area contributed by atoms with Gasteiger partial charge in [-0.05, 0) is 55.9 Å². The Balaban J connectivity index is 1.71. The van der Waals surface area contributed by atoms with Gasteiger partial charge in [0.1, 0.15) is 5.58 Å². The molecule has 1 saturated heterocycles. The van der Waals surface area contributed by atoms with Crippen molar-refractivity contribution in [3.8, 4) is 0 Å². The van der Waals surface area contributed by atoms with Crippen molar-refractivity contribution in [3.63, 3.8) is 0 Å². The molecule has 0 radical (unpaired) electrons. The quantitative estimate of drug-likeness (QED) is 0.498. The molecule has 2 N–H and O–H groups in total. The molecule has 1 aliphatic rings. The molecule has 1 atom stereocenters. The van der Waals surface area contributed by atoms with E-state index in [1.54, 1.807) is 30.3 Å². The number of rotatable bonds is 6. The molecule has 2 heterocycles. The van der Waals surface area contributed by atoms with E-state index in [-0.39, 0.29) is 22.4 Å². The third-order valence-corrected chi connectivity index (χ3v) is 7.26. The van der Waals surface area contributed by atoms with Crippen molar-refractivity contribution in [1.82, 2.24) is 4.72 Å². The number of sulfonamides is 1. The minimum absolute atomic E-state index is 0.0961. The van der Waals surface area contributed by atoms with E-state index in [1.807, 2.05) is 30.7 Å². The van der Waals surface area contributed by atoms with Gasteiger partial charge < -0.3 is 14.6 Å². The standard InChI is InChI=1S/C27H33N3O5S/c1-17-14-20(18(2)28-22-9-7-6-8-19(22)26(32)29-36(5,33)34)25-21(15-17)23(31)16-24(35-25)30-12-10-27(3,4)11-13-30/h6-9,14-16,18,28H,10-13H2,1-5H3,(H,29,32)/t18-/m1/s1. The Bertz CT molecular complexity index is 1470. The Hall–Kier alpha value is -3.33. The summed E-state index contributed by atoms with van der Waals surface area (Å²) in [7, 11) is -3.71. The molecular formula is C27H33N3O5S. The second-order valence-electron chi connectivity index (χ2n) is 10.4. The highest BCUT2D eigenvalue weighted by molar-refractivity contribution is 7.89. The van der Waals surface area contributed by atoms with E-state index in [0.717, 1.165) is 43.3 Å². The maximum atomic E-state index is 13.1. The predicted octanol–water partition coefficient (Wildman–Crippen LogP) is 4.59. The van der Waals surface area contributed by atoms with Crippen LogP contribution in [0.1, 0.15) is 61.1 Å². The Morgan fingerprint density at radius 1 is 1.11 bits per heavy atom. The number of aryl methyl sites for hydroxylation is 1. The van der Waals surface area contributed by atoms with Crippen molar-refractivity contribution in [1.29, 1.82) is 0 Å². The van der Waals surface area contributed by atoms with E-state index in [9.17, 15) is 18.0 Å². The van der Waals surface area contributed by atoms with Gasteiger partial charge in [0.15, 0.2) is 11.3 Å². The number of nitrogens with one attached hydrogen (secondary N) is 2. The summed E-state index contributed by atoms with van der Waals surface area (Å²) in [5.41, 5.74) is 3.04. The molecule has 1 aromatic heterocycles. The molecule has 192 valence electrons. The number of anilines is 2. The van der Waals surface area contributed by atoms with Gasteiger partial charge in [0.25, 0.3) is 5.91 Å². The summed E-state index contributed by atoms with van der Waals surface area (Å²) in [5, 5.41) is 3.81. The third-order valence-electron chi connectivity index (χ3n) is 6.71. The number of piperidine rings is 1. The van der Waals surface area contributed by atoms with Crippen LogP contribution in [0.4, 0.5) is 11.6 Å². The van der Waals surface area contributed by atoms with Gasteiger partial charge >= 0.3 is 0 Å². The number of nitrogens with zero attached hydrogens (tertiary/aromatic N) is 1. The SMILES string of the molecule is Cc1cc([C@@H](C)Nc2ccccc2C(=O)NS(C)(=O)=O)c2oc(N3CCC(C)(C)CC3)cc(=O)c2c1. The van der Waals surface area contributed by atoms with E-state index < -0.39 is 15.9 Å². The zero-order valence-corrected chi connectivity index (χ0v) is 22.2. The summed E-state index contributed by atoms with van der Waals surface area (Å²) >= 11 is 0. The lowest BCUT2D eigenvalue weighted by molar-refractivity contribution is 0.0982. The maximum Gasteiger partial charge on any atom is 0.266 e. The average molecular weight is 512 g/mol. The zero-order chi connectivity index (χ0) is 26.3. The van der Waals surface area contributed by atoms with Crippen molar-refractivity contribution in [3.05, 3.63) is 69.4 Å². The summed E-state index contributed by atoms with van der Waals surface area (Å²) in [5.74, 6) is -0.156. The Labute approximate surface area is 211 Å². The number of fused-ring (bicyclic) bond motifs is 1. The van der Waals surface area contributed by atoms with Crippen LogP contribution in [-0.2, 0) is 10.0 Å². The molecule has 1 fully saturated rings. The Kier molecular flexibility index (Phi) is 6.88. The van der Waals surface area contributed by atoms with Crippen molar-refractivity contribution in [2.45, 2.75) is 46.6 Å². The number of hydrogen-bond acceptors (Lipinski definition) is 7. The lowest BCUT2D eigenvalue weighted by atomic mass is 9.83. The van der Waals surface area contributed by atoms with Gasteiger partial charge in [0.05, 0.1) is 23.2 Å². The van der Waals surface area contributed by atoms with Gasteiger partial charge in [-0.2, -0.15) is 0 Å². The minimum atomic E-state index is -3.71. The number of para-hydroxylation sites is 1. The number of hydrogen-bond donors (Lipinski definition) is 2. The predicted molar refractivity (Wildman–Crippen MR) is 143 cm³/mol. The van der Waals surface area contributed by atoms with E-state index in [1.165, 1.54) is 0 Å². The first-order valence-corrected chi connectivity index (χ1v) is 13.9. The lowest BCUT2D eigenvalue weighted by Gasteiger charge is -2.37. The molecule has 0 unspecified atom stereocenters. The third kappa shape index (κ3) is 5.73. The smallest absolute Gasteiger partial charge is 0.266 e. The number of carbonyl (C=O) groups is 1. The normalized spacial score (nSPS) is 16.5. The van der Waals surface area contributed by atoms with Crippen LogP contribution < -0.4 is 20.4 Å². The number of carbonyl (C=O) groups excluding carboxylic acids is 1. The lowest BCUT2D eigenvalue weighted by Crippen LogP contribution is -2.37. The first-order valence-electron chi connectivity index (χ1n) is 12.0. The Morgan fingerprint density at radius 2 is 1.78 bits per heavy atom. The summed E-state index contributed by atoms with van der Waals surface area (Å²) in [6, 6.07) is 11.7. The second-order valence-corrected chi connectivity index (χ2v) is 12.2. The monoisotopic (exact) mass is 511 g/mol. The van der Waals surface area contributed by atoms with Gasteiger partial charge in [-0.1, -0.05) is 32.0 Å². The first-order chi connectivity index (χ1) is 16.8. The van der Waals surface area contributed by atoms with Crippen LogP contribution in [0.2, 0.25) is 0 Å². The molecule has 1 amide bonds. The zero-order valence-electron chi connectivity index (χ0n) is 21.3. The second kappa shape index (κ2) is 9.61. The molecule has 0 bridgehead atoms. The minimum Gasteiger partial charge on any atom is -0.440 e. The van der Waals surface area contributed by atoms with Crippen LogP contribution in [0.25, 0.3) is 11.0 Å². The number of benzene rings is 2. The summed E-state index contributed by atoms with van der Waals surface area (Å²) < 4.78 is 31.5. The van der Waals surface area contributed by atoms with Crippen LogP contribution >= 0.6 is 0 Å². The van der Waals surface area contributed by atoms with E-state index in [2.05, 4.69) is 24.1 Å². The summed E-state index contributed by atoms with van der Waals surface area (Å²) in [4.78, 5) is 27.8. The van der Waals surface area contributed by atoms with Crippen LogP contribution in [0.3, 0.4) is 0 Å². The van der Waals surface area contributed by atoms with Crippen LogP contribution in [0, 0.1) is 12.3 Å². The van der Waals surface area contributed by atoms with E-state index >= 15 is 0 Å². The van der Waals surface area contributed by atoms with Crippen molar-refractivity contribution in [2.75, 3.05) is 29.6 Å². The molecule has 0 spiro atoms. The van der Waals surface area contributed by atoms with Gasteiger partial charge in [0, 0.05) is 30.4 Å². The Morgan fingerprint density at radius 3 is 2.44 bits per heavy atom. The molecule has 1 aliphatic heterocycles. The molecular weight excluding hydrogens is 478 g/mol. The molecule has 9 heteroatoms. The highest BCUT2D eigenvalue weighted by Gasteiger charge is 2.27. The fourth-order valence-corrected chi connectivity index (χ4v) is 5.02.